The zero-order chi connectivity index (χ0) is 23.3. The van der Waals surface area contributed by atoms with Gasteiger partial charge in [-0.05, 0) is 128 Å². The fraction of sp³-hybridized carbons (Fsp3) is 0.933. The van der Waals surface area contributed by atoms with E-state index in [4.69, 9.17) is 0 Å². The quantitative estimate of drug-likeness (QED) is 0.452. The summed E-state index contributed by atoms with van der Waals surface area (Å²) in [6, 6.07) is 0. The summed E-state index contributed by atoms with van der Waals surface area (Å²) in [6.45, 7) is 19.7. The van der Waals surface area contributed by atoms with Gasteiger partial charge < -0.3 is 10.2 Å². The fourth-order valence-corrected chi connectivity index (χ4v) is 11.5. The lowest BCUT2D eigenvalue weighted by Gasteiger charge is -2.73. The molecule has 0 heterocycles. The summed E-state index contributed by atoms with van der Waals surface area (Å²) in [4.78, 5) is 0. The third-order valence-electron chi connectivity index (χ3n) is 13.5. The number of aliphatic hydroxyl groups is 2. The second-order valence-electron chi connectivity index (χ2n) is 14.6. The minimum atomic E-state index is -0.147. The maximum Gasteiger partial charge on any atom is 0.0594 e. The molecule has 5 aliphatic rings. The van der Waals surface area contributed by atoms with Gasteiger partial charge in [0, 0.05) is 6.61 Å². The first-order chi connectivity index (χ1) is 14.9. The Morgan fingerprint density at radius 2 is 1.53 bits per heavy atom. The number of hydrogen-bond acceptors (Lipinski definition) is 2. The van der Waals surface area contributed by atoms with Gasteiger partial charge >= 0.3 is 0 Å². The molecule has 0 aromatic heterocycles. The van der Waals surface area contributed by atoms with Crippen molar-refractivity contribution in [1.82, 2.24) is 0 Å². The molecule has 182 valence electrons. The van der Waals surface area contributed by atoms with Crippen LogP contribution in [0.4, 0.5) is 0 Å². The second-order valence-corrected chi connectivity index (χ2v) is 14.6. The molecule has 0 saturated heterocycles. The van der Waals surface area contributed by atoms with Crippen molar-refractivity contribution >= 4 is 0 Å². The molecule has 10 atom stereocenters. The highest BCUT2D eigenvalue weighted by molar-refractivity contribution is 5.21. The molecule has 0 aromatic rings. The Morgan fingerprint density at radius 3 is 2.19 bits per heavy atom. The first kappa shape index (κ1) is 23.4. The van der Waals surface area contributed by atoms with Gasteiger partial charge in [-0.1, -0.05) is 46.8 Å². The molecule has 5 saturated carbocycles. The van der Waals surface area contributed by atoms with Crippen LogP contribution in [0.5, 0.6) is 0 Å². The van der Waals surface area contributed by atoms with Crippen LogP contribution < -0.4 is 0 Å². The number of aliphatic hydroxyl groups excluding tert-OH is 2. The Bertz CT molecular complexity index is 786. The van der Waals surface area contributed by atoms with Gasteiger partial charge in [0.25, 0.3) is 0 Å². The van der Waals surface area contributed by atoms with E-state index in [-0.39, 0.29) is 16.9 Å². The van der Waals surface area contributed by atoms with Crippen LogP contribution >= 0.6 is 0 Å². The summed E-state index contributed by atoms with van der Waals surface area (Å²) < 4.78 is 0. The predicted octanol–water partition coefficient (Wildman–Crippen LogP) is 7.00. The maximum absolute atomic E-state index is 10.9. The summed E-state index contributed by atoms with van der Waals surface area (Å²) >= 11 is 0. The van der Waals surface area contributed by atoms with E-state index < -0.39 is 0 Å². The van der Waals surface area contributed by atoms with E-state index in [0.29, 0.717) is 40.6 Å². The Balaban J connectivity index is 1.55. The van der Waals surface area contributed by atoms with E-state index in [2.05, 4.69) is 48.1 Å². The van der Waals surface area contributed by atoms with Crippen LogP contribution in [-0.2, 0) is 0 Å². The third-order valence-corrected chi connectivity index (χ3v) is 13.5. The van der Waals surface area contributed by atoms with Gasteiger partial charge in [0.1, 0.15) is 0 Å². The zero-order valence-corrected chi connectivity index (χ0v) is 21.8. The molecule has 0 aromatic carbocycles. The fourth-order valence-electron chi connectivity index (χ4n) is 11.5. The van der Waals surface area contributed by atoms with Crippen LogP contribution in [0.2, 0.25) is 0 Å². The van der Waals surface area contributed by atoms with Gasteiger partial charge in [-0.3, -0.25) is 0 Å². The lowest BCUT2D eigenvalue weighted by Crippen LogP contribution is -2.66. The molecule has 32 heavy (non-hydrogen) atoms. The monoisotopic (exact) mass is 442 g/mol. The van der Waals surface area contributed by atoms with Crippen molar-refractivity contribution in [2.75, 3.05) is 6.61 Å². The molecule has 0 radical (unpaired) electrons. The molecule has 5 aliphatic carbocycles. The largest absolute Gasteiger partial charge is 0.396 e. The van der Waals surface area contributed by atoms with E-state index in [1.807, 2.05) is 0 Å². The smallest absolute Gasteiger partial charge is 0.0594 e. The van der Waals surface area contributed by atoms with Crippen molar-refractivity contribution < 1.29 is 10.2 Å². The molecule has 2 nitrogen and oxygen atoms in total. The molecule has 2 heteroatoms. The van der Waals surface area contributed by atoms with Crippen LogP contribution in [0.1, 0.15) is 106 Å². The summed E-state index contributed by atoms with van der Waals surface area (Å²) in [5, 5.41) is 21.5. The summed E-state index contributed by atoms with van der Waals surface area (Å²) in [5.74, 6) is 3.33. The van der Waals surface area contributed by atoms with Crippen molar-refractivity contribution in [3.63, 3.8) is 0 Å². The van der Waals surface area contributed by atoms with E-state index in [0.717, 1.165) is 18.3 Å². The maximum atomic E-state index is 10.9. The van der Waals surface area contributed by atoms with E-state index in [1.165, 1.54) is 63.4 Å². The topological polar surface area (TPSA) is 40.5 Å². The van der Waals surface area contributed by atoms with Crippen LogP contribution in [-0.4, -0.2) is 22.9 Å². The number of hydrogen-bond donors (Lipinski definition) is 2. The Labute approximate surface area is 197 Å². The van der Waals surface area contributed by atoms with Crippen molar-refractivity contribution in [3.05, 3.63) is 12.2 Å². The first-order valence-electron chi connectivity index (χ1n) is 13.8. The molecule has 0 aliphatic heterocycles. The number of rotatable bonds is 2. The zero-order valence-electron chi connectivity index (χ0n) is 21.8. The molecule has 0 unspecified atom stereocenters. The van der Waals surface area contributed by atoms with Crippen LogP contribution in [0.3, 0.4) is 0 Å². The highest BCUT2D eigenvalue weighted by atomic mass is 16.3. The predicted molar refractivity (Wildman–Crippen MR) is 132 cm³/mol. The van der Waals surface area contributed by atoms with Crippen molar-refractivity contribution in [1.29, 1.82) is 0 Å². The van der Waals surface area contributed by atoms with Crippen LogP contribution in [0, 0.1) is 56.7 Å². The summed E-state index contributed by atoms with van der Waals surface area (Å²) in [6.07, 6.45) is 12.2. The van der Waals surface area contributed by atoms with Gasteiger partial charge in [0.05, 0.1) is 6.10 Å². The lowest BCUT2D eigenvalue weighted by molar-refractivity contribution is -0.249. The van der Waals surface area contributed by atoms with Gasteiger partial charge in [0.2, 0.25) is 0 Å². The Morgan fingerprint density at radius 1 is 0.812 bits per heavy atom. The minimum Gasteiger partial charge on any atom is -0.396 e. The number of fused-ring (bicyclic) bond motifs is 7. The molecule has 2 N–H and O–H groups in total. The van der Waals surface area contributed by atoms with Crippen LogP contribution in [0.15, 0.2) is 12.2 Å². The van der Waals surface area contributed by atoms with Gasteiger partial charge in [-0.15, -0.1) is 0 Å². The minimum absolute atomic E-state index is 0.0290. The molecule has 0 bridgehead atoms. The normalized spacial score (nSPS) is 56.5. The molecular weight excluding hydrogens is 392 g/mol. The highest BCUT2D eigenvalue weighted by Gasteiger charge is 2.70. The van der Waals surface area contributed by atoms with Crippen molar-refractivity contribution in [2.24, 2.45) is 56.7 Å². The summed E-state index contributed by atoms with van der Waals surface area (Å²) in [5.41, 5.74) is 2.60. The van der Waals surface area contributed by atoms with Crippen molar-refractivity contribution in [2.45, 2.75) is 112 Å². The van der Waals surface area contributed by atoms with Gasteiger partial charge in [0.15, 0.2) is 0 Å². The Hall–Kier alpha value is -0.340. The molecule has 5 rings (SSSR count). The molecule has 0 spiro atoms. The average Bonchev–Trinajstić information content (AvgIpc) is 3.12. The van der Waals surface area contributed by atoms with E-state index in [9.17, 15) is 10.2 Å². The SMILES string of the molecule is C=C(C)[C@@H]1CC[C@@]2(CO)CC[C@]3(C)[C@H](CC[C@@H]4[C@@]5(C)CC[C@H](O)C(C)(C)[C@@H]5CC[C@]43C)[C@H]12. The van der Waals surface area contributed by atoms with Crippen LogP contribution in [0.25, 0.3) is 0 Å². The standard InChI is InChI=1S/C30H50O2/c1-19(2)20-10-15-30(18-31)17-16-28(6)21(25(20)30)8-9-23-27(5)13-12-24(32)26(3,4)22(27)11-14-29(23,28)7/h20-25,31-32H,1,8-18H2,2-7H3/t20-,21+,22-,23+,24-,25-,27-,28+,29+,30-/m0/s1. The second kappa shape index (κ2) is 7.09. The molecular formula is C30H50O2. The first-order valence-corrected chi connectivity index (χ1v) is 13.8. The lowest BCUT2D eigenvalue weighted by atomic mass is 9.32. The number of allylic oxidation sites excluding steroid dienone is 1. The molecule has 0 amide bonds. The van der Waals surface area contributed by atoms with Gasteiger partial charge in [-0.2, -0.15) is 0 Å². The molecule has 5 fully saturated rings. The average molecular weight is 443 g/mol. The highest BCUT2D eigenvalue weighted by Crippen LogP contribution is 2.77. The third kappa shape index (κ3) is 2.66. The van der Waals surface area contributed by atoms with E-state index >= 15 is 0 Å². The Kier molecular flexibility index (Phi) is 5.19. The summed E-state index contributed by atoms with van der Waals surface area (Å²) in [7, 11) is 0. The van der Waals surface area contributed by atoms with E-state index in [1.54, 1.807) is 0 Å². The van der Waals surface area contributed by atoms with Crippen molar-refractivity contribution in [3.8, 4) is 0 Å². The van der Waals surface area contributed by atoms with Gasteiger partial charge in [-0.25, -0.2) is 0 Å².